The van der Waals surface area contributed by atoms with Gasteiger partial charge in [0.2, 0.25) is 10.0 Å². The molecule has 2 aromatic carbocycles. The van der Waals surface area contributed by atoms with Crippen molar-refractivity contribution in [1.29, 1.82) is 0 Å². The zero-order chi connectivity index (χ0) is 16.2. The quantitative estimate of drug-likeness (QED) is 0.843. The standard InChI is InChI=1S/C16H19ClN2O2S.ClH/c1-13-7-8-15(17)11-16(13)22(20,21)19(10-9-18)12-14-5-3-2-4-6-14;/h2-8,11H,9-10,12,18H2,1H3;1H. The van der Waals surface area contributed by atoms with Gasteiger partial charge in [-0.15, -0.1) is 12.4 Å². The van der Waals surface area contributed by atoms with Crippen LogP contribution >= 0.6 is 24.0 Å². The molecule has 0 spiro atoms. The molecule has 0 amide bonds. The molecular formula is C16H20Cl2N2O2S. The van der Waals surface area contributed by atoms with Gasteiger partial charge >= 0.3 is 0 Å². The van der Waals surface area contributed by atoms with E-state index in [1.807, 2.05) is 30.3 Å². The number of aryl methyl sites for hydroxylation is 1. The maximum Gasteiger partial charge on any atom is 0.243 e. The summed E-state index contributed by atoms with van der Waals surface area (Å²) in [5.41, 5.74) is 7.18. The van der Waals surface area contributed by atoms with Crippen LogP contribution in [0.3, 0.4) is 0 Å². The minimum absolute atomic E-state index is 0. The van der Waals surface area contributed by atoms with Gasteiger partial charge in [-0.05, 0) is 30.2 Å². The normalized spacial score (nSPS) is 11.3. The van der Waals surface area contributed by atoms with Crippen molar-refractivity contribution in [1.82, 2.24) is 4.31 Å². The first-order valence-electron chi connectivity index (χ1n) is 6.95. The Morgan fingerprint density at radius 1 is 1.13 bits per heavy atom. The topological polar surface area (TPSA) is 63.4 Å². The van der Waals surface area contributed by atoms with Gasteiger partial charge in [0.05, 0.1) is 4.90 Å². The summed E-state index contributed by atoms with van der Waals surface area (Å²) in [7, 11) is -3.65. The number of sulfonamides is 1. The van der Waals surface area contributed by atoms with Gasteiger partial charge in [0.1, 0.15) is 0 Å². The second-order valence-corrected chi connectivity index (χ2v) is 7.37. The molecule has 2 aromatic rings. The van der Waals surface area contributed by atoms with Crippen molar-refractivity contribution in [3.8, 4) is 0 Å². The van der Waals surface area contributed by atoms with Crippen LogP contribution in [-0.2, 0) is 16.6 Å². The number of hydrogen-bond donors (Lipinski definition) is 1. The van der Waals surface area contributed by atoms with E-state index in [9.17, 15) is 8.42 Å². The fraction of sp³-hybridized carbons (Fsp3) is 0.250. The van der Waals surface area contributed by atoms with Gasteiger partial charge in [-0.25, -0.2) is 8.42 Å². The van der Waals surface area contributed by atoms with Crippen LogP contribution in [0.15, 0.2) is 53.4 Å². The SMILES string of the molecule is Cc1ccc(Cl)cc1S(=O)(=O)N(CCN)Cc1ccccc1.Cl. The lowest BCUT2D eigenvalue weighted by Gasteiger charge is -2.22. The van der Waals surface area contributed by atoms with Crippen LogP contribution in [0.5, 0.6) is 0 Å². The fourth-order valence-electron chi connectivity index (χ4n) is 2.21. The Labute approximate surface area is 148 Å². The van der Waals surface area contributed by atoms with E-state index < -0.39 is 10.0 Å². The number of benzene rings is 2. The highest BCUT2D eigenvalue weighted by Gasteiger charge is 2.26. The Hall–Kier alpha value is -1.11. The zero-order valence-corrected chi connectivity index (χ0v) is 15.2. The summed E-state index contributed by atoms with van der Waals surface area (Å²) in [4.78, 5) is 0.226. The highest BCUT2D eigenvalue weighted by molar-refractivity contribution is 7.89. The molecule has 0 saturated carbocycles. The van der Waals surface area contributed by atoms with Crippen LogP contribution < -0.4 is 5.73 Å². The molecule has 0 unspecified atom stereocenters. The smallest absolute Gasteiger partial charge is 0.243 e. The number of halogens is 2. The van der Waals surface area contributed by atoms with Crippen LogP contribution in [0.2, 0.25) is 5.02 Å². The van der Waals surface area contributed by atoms with E-state index >= 15 is 0 Å². The molecule has 126 valence electrons. The van der Waals surface area contributed by atoms with Crippen molar-refractivity contribution < 1.29 is 8.42 Å². The molecule has 0 atom stereocenters. The van der Waals surface area contributed by atoms with Gasteiger partial charge < -0.3 is 5.73 Å². The van der Waals surface area contributed by atoms with Gasteiger partial charge in [-0.3, -0.25) is 0 Å². The molecule has 0 bridgehead atoms. The maximum absolute atomic E-state index is 12.9. The second kappa shape index (κ2) is 8.66. The lowest BCUT2D eigenvalue weighted by Crippen LogP contribution is -2.35. The van der Waals surface area contributed by atoms with Crippen molar-refractivity contribution in [3.63, 3.8) is 0 Å². The summed E-state index contributed by atoms with van der Waals surface area (Å²) >= 11 is 5.96. The Balaban J connectivity index is 0.00000264. The average Bonchev–Trinajstić information content (AvgIpc) is 2.50. The molecular weight excluding hydrogens is 355 g/mol. The van der Waals surface area contributed by atoms with Gasteiger partial charge in [-0.1, -0.05) is 48.0 Å². The van der Waals surface area contributed by atoms with E-state index in [4.69, 9.17) is 17.3 Å². The zero-order valence-electron chi connectivity index (χ0n) is 12.8. The minimum atomic E-state index is -3.65. The first kappa shape index (κ1) is 19.9. The molecule has 0 aliphatic rings. The highest BCUT2D eigenvalue weighted by atomic mass is 35.5. The van der Waals surface area contributed by atoms with E-state index in [1.165, 1.54) is 10.4 Å². The number of rotatable bonds is 6. The summed E-state index contributed by atoms with van der Waals surface area (Å²) in [5, 5.41) is 0.400. The Morgan fingerprint density at radius 3 is 2.39 bits per heavy atom. The molecule has 0 aliphatic heterocycles. The summed E-state index contributed by atoms with van der Waals surface area (Å²) in [6.07, 6.45) is 0. The largest absolute Gasteiger partial charge is 0.329 e. The van der Waals surface area contributed by atoms with Gasteiger partial charge in [0, 0.05) is 24.7 Å². The van der Waals surface area contributed by atoms with Crippen molar-refractivity contribution >= 4 is 34.0 Å². The Kier molecular flexibility index (Phi) is 7.51. The summed E-state index contributed by atoms with van der Waals surface area (Å²) < 4.78 is 27.2. The Morgan fingerprint density at radius 2 is 1.78 bits per heavy atom. The second-order valence-electron chi connectivity index (χ2n) is 5.02. The van der Waals surface area contributed by atoms with E-state index in [-0.39, 0.29) is 36.9 Å². The molecule has 0 aromatic heterocycles. The predicted octanol–water partition coefficient (Wildman–Crippen LogP) is 3.22. The lowest BCUT2D eigenvalue weighted by atomic mass is 10.2. The molecule has 7 heteroatoms. The van der Waals surface area contributed by atoms with Crippen LogP contribution in [-0.4, -0.2) is 25.8 Å². The van der Waals surface area contributed by atoms with Crippen molar-refractivity contribution in [2.24, 2.45) is 5.73 Å². The molecule has 2 rings (SSSR count). The Bertz CT molecular complexity index is 737. The molecule has 2 N–H and O–H groups in total. The van der Waals surface area contributed by atoms with Crippen LogP contribution in [0.25, 0.3) is 0 Å². The summed E-state index contributed by atoms with van der Waals surface area (Å²) in [5.74, 6) is 0. The molecule has 4 nitrogen and oxygen atoms in total. The molecule has 23 heavy (non-hydrogen) atoms. The van der Waals surface area contributed by atoms with Gasteiger partial charge in [0.15, 0.2) is 0 Å². The summed E-state index contributed by atoms with van der Waals surface area (Å²) in [6.45, 7) is 2.55. The number of nitrogens with zero attached hydrogens (tertiary/aromatic N) is 1. The lowest BCUT2D eigenvalue weighted by molar-refractivity contribution is 0.413. The third kappa shape index (κ3) is 4.93. The summed E-state index contributed by atoms with van der Waals surface area (Å²) in [6, 6.07) is 14.3. The van der Waals surface area contributed by atoms with Crippen LogP contribution in [0.1, 0.15) is 11.1 Å². The van der Waals surface area contributed by atoms with Crippen LogP contribution in [0, 0.1) is 6.92 Å². The van der Waals surface area contributed by atoms with Crippen molar-refractivity contribution in [3.05, 3.63) is 64.7 Å². The number of hydrogen-bond acceptors (Lipinski definition) is 3. The van der Waals surface area contributed by atoms with Crippen LogP contribution in [0.4, 0.5) is 0 Å². The van der Waals surface area contributed by atoms with E-state index in [1.54, 1.807) is 19.1 Å². The minimum Gasteiger partial charge on any atom is -0.329 e. The van der Waals surface area contributed by atoms with E-state index in [0.717, 1.165) is 5.56 Å². The monoisotopic (exact) mass is 374 g/mol. The third-order valence-corrected chi connectivity index (χ3v) is 5.57. The van der Waals surface area contributed by atoms with Crippen molar-refractivity contribution in [2.45, 2.75) is 18.4 Å². The fourth-order valence-corrected chi connectivity index (χ4v) is 4.14. The van der Waals surface area contributed by atoms with Gasteiger partial charge in [0.25, 0.3) is 0 Å². The molecule has 0 radical (unpaired) electrons. The van der Waals surface area contributed by atoms with Crippen molar-refractivity contribution in [2.75, 3.05) is 13.1 Å². The maximum atomic E-state index is 12.9. The number of nitrogens with two attached hydrogens (primary N) is 1. The molecule has 0 fully saturated rings. The average molecular weight is 375 g/mol. The first-order valence-corrected chi connectivity index (χ1v) is 8.77. The third-order valence-electron chi connectivity index (χ3n) is 3.35. The molecule has 0 heterocycles. The van der Waals surface area contributed by atoms with E-state index in [0.29, 0.717) is 10.6 Å². The predicted molar refractivity (Wildman–Crippen MR) is 96.5 cm³/mol. The highest BCUT2D eigenvalue weighted by Crippen LogP contribution is 2.24. The van der Waals surface area contributed by atoms with Gasteiger partial charge in [-0.2, -0.15) is 4.31 Å². The van der Waals surface area contributed by atoms with E-state index in [2.05, 4.69) is 0 Å². The molecule has 0 aliphatic carbocycles. The first-order chi connectivity index (χ1) is 10.4. The molecule has 0 saturated heterocycles.